The lowest BCUT2D eigenvalue weighted by atomic mass is 10.2. The number of fused-ring (bicyclic) bond motifs is 1. The molecule has 0 aliphatic carbocycles. The summed E-state index contributed by atoms with van der Waals surface area (Å²) in [5, 5.41) is 6.61. The van der Waals surface area contributed by atoms with Crippen LogP contribution in [-0.4, -0.2) is 19.7 Å². The Labute approximate surface area is 111 Å². The third-order valence-corrected chi connectivity index (χ3v) is 3.14. The minimum atomic E-state index is -0.691. The SMILES string of the molecule is Cc1nc2[nH]ncc2c(=O)n1Cc1c(F)cccc1F. The van der Waals surface area contributed by atoms with E-state index in [2.05, 4.69) is 15.2 Å². The average Bonchev–Trinajstić information content (AvgIpc) is 2.85. The smallest absolute Gasteiger partial charge is 0.264 e. The van der Waals surface area contributed by atoms with Crippen LogP contribution in [-0.2, 0) is 6.54 Å². The van der Waals surface area contributed by atoms with Gasteiger partial charge in [-0.3, -0.25) is 14.5 Å². The summed E-state index contributed by atoms with van der Waals surface area (Å²) in [5.74, 6) is -1.03. The fraction of sp³-hybridized carbons (Fsp3) is 0.154. The molecule has 1 N–H and O–H groups in total. The van der Waals surface area contributed by atoms with Crippen LogP contribution in [0.2, 0.25) is 0 Å². The summed E-state index contributed by atoms with van der Waals surface area (Å²) in [6.07, 6.45) is 1.35. The van der Waals surface area contributed by atoms with E-state index in [9.17, 15) is 13.6 Å². The van der Waals surface area contributed by atoms with Crippen LogP contribution in [0.4, 0.5) is 8.78 Å². The Hall–Kier alpha value is -2.57. The fourth-order valence-corrected chi connectivity index (χ4v) is 2.06. The number of rotatable bonds is 2. The van der Waals surface area contributed by atoms with Crippen molar-refractivity contribution in [1.29, 1.82) is 0 Å². The molecule has 1 aromatic carbocycles. The Morgan fingerprint density at radius 1 is 1.30 bits per heavy atom. The number of H-pyrrole nitrogens is 1. The summed E-state index contributed by atoms with van der Waals surface area (Å²) in [7, 11) is 0. The molecule has 102 valence electrons. The summed E-state index contributed by atoms with van der Waals surface area (Å²) in [4.78, 5) is 16.4. The second-order valence-corrected chi connectivity index (χ2v) is 4.38. The second-order valence-electron chi connectivity index (χ2n) is 4.38. The molecule has 0 saturated heterocycles. The standard InChI is InChI=1S/C13H10F2N4O/c1-7-17-12-8(5-16-18-12)13(20)19(7)6-9-10(14)3-2-4-11(9)15/h2-5H,6H2,1H3,(H,16,18). The van der Waals surface area contributed by atoms with Gasteiger partial charge >= 0.3 is 0 Å². The maximum absolute atomic E-state index is 13.7. The molecule has 2 heterocycles. The minimum absolute atomic E-state index is 0.164. The third kappa shape index (κ3) is 1.87. The first-order chi connectivity index (χ1) is 9.58. The van der Waals surface area contributed by atoms with Crippen LogP contribution in [0.1, 0.15) is 11.4 Å². The normalized spacial score (nSPS) is 11.2. The first kappa shape index (κ1) is 12.5. The molecule has 0 bridgehead atoms. The largest absolute Gasteiger partial charge is 0.291 e. The van der Waals surface area contributed by atoms with Crippen molar-refractivity contribution in [1.82, 2.24) is 19.7 Å². The number of benzene rings is 1. The molecule has 0 amide bonds. The van der Waals surface area contributed by atoms with Crippen LogP contribution in [0.15, 0.2) is 29.2 Å². The zero-order chi connectivity index (χ0) is 14.3. The molecule has 0 unspecified atom stereocenters. The van der Waals surface area contributed by atoms with Gasteiger partial charge in [0.05, 0.1) is 12.7 Å². The van der Waals surface area contributed by atoms with Gasteiger partial charge < -0.3 is 0 Å². The molecule has 20 heavy (non-hydrogen) atoms. The Balaban J connectivity index is 2.18. The first-order valence-electron chi connectivity index (χ1n) is 5.91. The third-order valence-electron chi connectivity index (χ3n) is 3.14. The van der Waals surface area contributed by atoms with Crippen molar-refractivity contribution in [2.24, 2.45) is 0 Å². The van der Waals surface area contributed by atoms with Crippen molar-refractivity contribution in [2.45, 2.75) is 13.5 Å². The van der Waals surface area contributed by atoms with Gasteiger partial charge in [0.2, 0.25) is 0 Å². The van der Waals surface area contributed by atoms with Crippen molar-refractivity contribution in [3.8, 4) is 0 Å². The van der Waals surface area contributed by atoms with Gasteiger partial charge in [-0.05, 0) is 19.1 Å². The highest BCUT2D eigenvalue weighted by Gasteiger charge is 2.14. The van der Waals surface area contributed by atoms with Gasteiger partial charge in [0.1, 0.15) is 22.8 Å². The van der Waals surface area contributed by atoms with Crippen molar-refractivity contribution < 1.29 is 8.78 Å². The summed E-state index contributed by atoms with van der Waals surface area (Å²) >= 11 is 0. The molecule has 0 fully saturated rings. The molecule has 7 heteroatoms. The van der Waals surface area contributed by atoms with Crippen LogP contribution in [0, 0.1) is 18.6 Å². The number of hydrogen-bond acceptors (Lipinski definition) is 3. The van der Waals surface area contributed by atoms with Crippen LogP contribution in [0.5, 0.6) is 0 Å². The summed E-state index contributed by atoms with van der Waals surface area (Å²) in [6, 6.07) is 3.59. The van der Waals surface area contributed by atoms with E-state index in [1.807, 2.05) is 0 Å². The average molecular weight is 276 g/mol. The van der Waals surface area contributed by atoms with E-state index in [1.165, 1.54) is 16.8 Å². The van der Waals surface area contributed by atoms with E-state index in [1.54, 1.807) is 6.92 Å². The summed E-state index contributed by atoms with van der Waals surface area (Å²) in [6.45, 7) is 1.39. The van der Waals surface area contributed by atoms with Crippen LogP contribution in [0.25, 0.3) is 11.0 Å². The second kappa shape index (κ2) is 4.52. The molecule has 0 aliphatic rings. The van der Waals surface area contributed by atoms with Gasteiger partial charge in [-0.15, -0.1) is 0 Å². The monoisotopic (exact) mass is 276 g/mol. The Kier molecular flexibility index (Phi) is 2.81. The molecule has 0 aliphatic heterocycles. The Bertz CT molecular complexity index is 833. The van der Waals surface area contributed by atoms with E-state index in [4.69, 9.17) is 0 Å². The molecule has 0 atom stereocenters. The number of hydrogen-bond donors (Lipinski definition) is 1. The van der Waals surface area contributed by atoms with E-state index in [-0.39, 0.29) is 23.1 Å². The lowest BCUT2D eigenvalue weighted by Crippen LogP contribution is -2.25. The predicted octanol–water partition coefficient (Wildman–Crippen LogP) is 1.75. The number of nitrogens with one attached hydrogen (secondary N) is 1. The molecule has 0 spiro atoms. The molecule has 0 saturated carbocycles. The Morgan fingerprint density at radius 2 is 2.00 bits per heavy atom. The van der Waals surface area contributed by atoms with Crippen molar-refractivity contribution in [2.75, 3.05) is 0 Å². The zero-order valence-corrected chi connectivity index (χ0v) is 10.5. The van der Waals surface area contributed by atoms with Gasteiger partial charge in [0, 0.05) is 5.56 Å². The zero-order valence-electron chi connectivity index (χ0n) is 10.5. The number of halogens is 2. The highest BCUT2D eigenvalue weighted by molar-refractivity contribution is 5.72. The Morgan fingerprint density at radius 3 is 2.70 bits per heavy atom. The molecule has 0 radical (unpaired) electrons. The number of nitrogens with zero attached hydrogens (tertiary/aromatic N) is 3. The molecule has 5 nitrogen and oxygen atoms in total. The predicted molar refractivity (Wildman–Crippen MR) is 68.3 cm³/mol. The van der Waals surface area contributed by atoms with Crippen LogP contribution >= 0.6 is 0 Å². The lowest BCUT2D eigenvalue weighted by molar-refractivity contribution is 0.538. The highest BCUT2D eigenvalue weighted by Crippen LogP contribution is 2.14. The quantitative estimate of drug-likeness (QED) is 0.775. The van der Waals surface area contributed by atoms with E-state index >= 15 is 0 Å². The minimum Gasteiger partial charge on any atom is -0.291 e. The number of aromatic amines is 1. The van der Waals surface area contributed by atoms with Gasteiger partial charge in [-0.25, -0.2) is 13.8 Å². The van der Waals surface area contributed by atoms with Crippen molar-refractivity contribution in [3.63, 3.8) is 0 Å². The van der Waals surface area contributed by atoms with Crippen molar-refractivity contribution in [3.05, 3.63) is 57.8 Å². The summed E-state index contributed by atoms with van der Waals surface area (Å²) in [5.41, 5.74) is -0.191. The number of aromatic nitrogens is 4. The topological polar surface area (TPSA) is 63.6 Å². The molecule has 2 aromatic heterocycles. The van der Waals surface area contributed by atoms with Gasteiger partial charge in [0.15, 0.2) is 5.65 Å². The molecule has 3 rings (SSSR count). The number of aryl methyl sites for hydroxylation is 1. The van der Waals surface area contributed by atoms with Gasteiger partial charge in [-0.2, -0.15) is 5.10 Å². The lowest BCUT2D eigenvalue weighted by Gasteiger charge is -2.10. The van der Waals surface area contributed by atoms with Gasteiger partial charge in [-0.1, -0.05) is 6.07 Å². The van der Waals surface area contributed by atoms with E-state index < -0.39 is 11.6 Å². The van der Waals surface area contributed by atoms with Crippen LogP contribution in [0.3, 0.4) is 0 Å². The molecular formula is C13H10F2N4O. The van der Waals surface area contributed by atoms with E-state index in [0.29, 0.717) is 11.5 Å². The molecular weight excluding hydrogens is 266 g/mol. The maximum Gasteiger partial charge on any atom is 0.264 e. The first-order valence-corrected chi connectivity index (χ1v) is 5.91. The van der Waals surface area contributed by atoms with E-state index in [0.717, 1.165) is 12.1 Å². The van der Waals surface area contributed by atoms with Gasteiger partial charge in [0.25, 0.3) is 5.56 Å². The highest BCUT2D eigenvalue weighted by atomic mass is 19.1. The van der Waals surface area contributed by atoms with Crippen LogP contribution < -0.4 is 5.56 Å². The summed E-state index contributed by atoms with van der Waals surface area (Å²) < 4.78 is 28.5. The fourth-order valence-electron chi connectivity index (χ4n) is 2.06. The molecule has 3 aromatic rings. The maximum atomic E-state index is 13.7. The van der Waals surface area contributed by atoms with Crippen molar-refractivity contribution >= 4 is 11.0 Å².